The van der Waals surface area contributed by atoms with E-state index in [2.05, 4.69) is 5.32 Å². The van der Waals surface area contributed by atoms with Crippen molar-refractivity contribution in [2.24, 2.45) is 0 Å². The average molecular weight is 499 g/mol. The lowest BCUT2D eigenvalue weighted by molar-refractivity contribution is 0.167. The Labute approximate surface area is 184 Å². The maximum absolute atomic E-state index is 13.9. The highest BCUT2D eigenvalue weighted by Crippen LogP contribution is 2.31. The van der Waals surface area contributed by atoms with E-state index in [1.54, 1.807) is 4.72 Å². The monoisotopic (exact) mass is 499 g/mol. The molecule has 0 unspecified atom stereocenters. The number of aliphatic hydroxyl groups excluding tert-OH is 2. The Morgan fingerprint density at radius 2 is 1.48 bits per heavy atom. The Balaban J connectivity index is 2.43. The van der Waals surface area contributed by atoms with Gasteiger partial charge in [-0.1, -0.05) is 0 Å². The number of sulfonamides is 1. The Hall–Kier alpha value is -3.17. The molecule has 0 saturated heterocycles. The Kier molecular flexibility index (Phi) is 8.40. The minimum Gasteiger partial charge on any atom is -0.495 e. The van der Waals surface area contributed by atoms with Crippen LogP contribution in [0, 0.1) is 29.1 Å². The summed E-state index contributed by atoms with van der Waals surface area (Å²) in [5.41, 5.74) is -0.577. The van der Waals surface area contributed by atoms with Crippen LogP contribution in [-0.4, -0.2) is 63.0 Å². The summed E-state index contributed by atoms with van der Waals surface area (Å²) in [4.78, 5) is 11.3. The number of aliphatic hydroxyl groups is 2. The number of nitrogens with zero attached hydrogens (tertiary/aromatic N) is 1. The van der Waals surface area contributed by atoms with Crippen LogP contribution in [-0.2, 0) is 10.0 Å². The summed E-state index contributed by atoms with van der Waals surface area (Å²) in [7, 11) is -4.10. The normalized spacial score (nSPS) is 11.3. The molecule has 0 aliphatic carbocycles. The van der Waals surface area contributed by atoms with Gasteiger partial charge in [-0.3, -0.25) is 4.72 Å². The van der Waals surface area contributed by atoms with Crippen molar-refractivity contribution in [1.82, 2.24) is 4.90 Å². The highest BCUT2D eigenvalue weighted by atomic mass is 32.2. The highest BCUT2D eigenvalue weighted by Gasteiger charge is 2.33. The maximum atomic E-state index is 13.9. The number of hydrogen-bond acceptors (Lipinski definition) is 6. The van der Waals surface area contributed by atoms with E-state index in [1.807, 2.05) is 0 Å². The first-order chi connectivity index (χ1) is 15.5. The van der Waals surface area contributed by atoms with Crippen LogP contribution in [0.1, 0.15) is 0 Å². The number of urea groups is 1. The molecule has 182 valence electrons. The van der Waals surface area contributed by atoms with Gasteiger partial charge in [0, 0.05) is 13.1 Å². The van der Waals surface area contributed by atoms with Crippen molar-refractivity contribution in [2.45, 2.75) is 4.90 Å². The molecule has 33 heavy (non-hydrogen) atoms. The molecule has 2 aromatic carbocycles. The van der Waals surface area contributed by atoms with Crippen molar-refractivity contribution in [3.8, 4) is 5.75 Å². The van der Waals surface area contributed by atoms with E-state index in [1.165, 1.54) is 7.11 Å². The van der Waals surface area contributed by atoms with Gasteiger partial charge in [-0.15, -0.1) is 0 Å². The summed E-state index contributed by atoms with van der Waals surface area (Å²) in [6.45, 7) is -1.15. The smallest absolute Gasteiger partial charge is 0.322 e. The fourth-order valence-corrected chi connectivity index (χ4v) is 3.84. The quantitative estimate of drug-likeness (QED) is 0.238. The van der Waals surface area contributed by atoms with E-state index < -0.39 is 68.9 Å². The fourth-order valence-electron chi connectivity index (χ4n) is 2.65. The Morgan fingerprint density at radius 3 is 1.97 bits per heavy atom. The first-order valence-electron chi connectivity index (χ1n) is 8.98. The molecule has 2 amide bonds. The number of ether oxygens (including phenoxy) is 1. The minimum atomic E-state index is -5.31. The van der Waals surface area contributed by atoms with Gasteiger partial charge in [0.25, 0.3) is 10.0 Å². The van der Waals surface area contributed by atoms with Gasteiger partial charge in [-0.2, -0.15) is 0 Å². The van der Waals surface area contributed by atoms with Gasteiger partial charge < -0.3 is 25.2 Å². The first-order valence-corrected chi connectivity index (χ1v) is 10.5. The van der Waals surface area contributed by atoms with E-state index in [4.69, 9.17) is 14.9 Å². The number of carbonyl (C=O) groups is 1. The number of halogens is 5. The molecule has 0 radical (unpaired) electrons. The van der Waals surface area contributed by atoms with E-state index in [0.29, 0.717) is 0 Å². The van der Waals surface area contributed by atoms with Gasteiger partial charge in [0.15, 0.2) is 28.2 Å². The predicted molar refractivity (Wildman–Crippen MR) is 105 cm³/mol. The number of rotatable bonds is 9. The molecule has 0 bridgehead atoms. The summed E-state index contributed by atoms with van der Waals surface area (Å²) in [6.07, 6.45) is 0. The summed E-state index contributed by atoms with van der Waals surface area (Å²) in [5.74, 6) is -12.5. The number of amides is 2. The fraction of sp³-hybridized carbons (Fsp3) is 0.278. The van der Waals surface area contributed by atoms with E-state index in [-0.39, 0.29) is 24.5 Å². The summed E-state index contributed by atoms with van der Waals surface area (Å²) in [6, 6.07) is 2.32. The van der Waals surface area contributed by atoms with E-state index >= 15 is 0 Å². The molecule has 0 saturated carbocycles. The zero-order valence-electron chi connectivity index (χ0n) is 16.8. The van der Waals surface area contributed by atoms with Crippen molar-refractivity contribution < 1.29 is 50.1 Å². The molecule has 0 aliphatic rings. The van der Waals surface area contributed by atoms with Crippen LogP contribution in [0.4, 0.5) is 38.1 Å². The molecule has 0 aliphatic heterocycles. The number of anilines is 2. The van der Waals surface area contributed by atoms with Crippen LogP contribution in [0.15, 0.2) is 23.1 Å². The third-order valence-electron chi connectivity index (χ3n) is 4.16. The van der Waals surface area contributed by atoms with Gasteiger partial charge >= 0.3 is 6.03 Å². The molecule has 2 aromatic rings. The van der Waals surface area contributed by atoms with Gasteiger partial charge in [0.2, 0.25) is 5.82 Å². The second kappa shape index (κ2) is 10.6. The van der Waals surface area contributed by atoms with Gasteiger partial charge in [0.1, 0.15) is 5.75 Å². The molecule has 0 atom stereocenters. The lowest BCUT2D eigenvalue weighted by Gasteiger charge is -2.22. The minimum absolute atomic E-state index is 0.00970. The summed E-state index contributed by atoms with van der Waals surface area (Å²) < 4.78 is 99.4. The molecule has 9 nitrogen and oxygen atoms in total. The second-order valence-electron chi connectivity index (χ2n) is 6.28. The van der Waals surface area contributed by atoms with Crippen LogP contribution < -0.4 is 14.8 Å². The van der Waals surface area contributed by atoms with Crippen LogP contribution in [0.25, 0.3) is 0 Å². The number of hydrogen-bond donors (Lipinski definition) is 4. The van der Waals surface area contributed by atoms with Crippen LogP contribution in [0.5, 0.6) is 5.75 Å². The third kappa shape index (κ3) is 5.61. The SMILES string of the molecule is COc1ccc(NS(=O)(=O)c2c(F)c(F)c(F)c(F)c2F)cc1NC(=O)N(CCO)CCO. The zero-order chi connectivity index (χ0) is 24.9. The molecule has 0 aromatic heterocycles. The maximum Gasteiger partial charge on any atom is 0.322 e. The van der Waals surface area contributed by atoms with Crippen LogP contribution >= 0.6 is 0 Å². The predicted octanol–water partition coefficient (Wildman–Crippen LogP) is 2.01. The van der Waals surface area contributed by atoms with E-state index in [0.717, 1.165) is 23.1 Å². The second-order valence-corrected chi connectivity index (χ2v) is 7.90. The third-order valence-corrected chi connectivity index (χ3v) is 5.56. The molecule has 2 rings (SSSR count). The molecule has 15 heteroatoms. The zero-order valence-corrected chi connectivity index (χ0v) is 17.6. The van der Waals surface area contributed by atoms with Crippen molar-refractivity contribution in [3.63, 3.8) is 0 Å². The van der Waals surface area contributed by atoms with Gasteiger partial charge in [-0.05, 0) is 18.2 Å². The molecule has 0 spiro atoms. The van der Waals surface area contributed by atoms with Crippen molar-refractivity contribution >= 4 is 27.4 Å². The van der Waals surface area contributed by atoms with Crippen molar-refractivity contribution in [2.75, 3.05) is 43.5 Å². The van der Waals surface area contributed by atoms with Crippen molar-refractivity contribution in [3.05, 3.63) is 47.3 Å². The lowest BCUT2D eigenvalue weighted by Crippen LogP contribution is -2.39. The summed E-state index contributed by atoms with van der Waals surface area (Å²) >= 11 is 0. The number of methoxy groups -OCH3 is 1. The molecule has 4 N–H and O–H groups in total. The number of benzene rings is 2. The topological polar surface area (TPSA) is 128 Å². The average Bonchev–Trinajstić information content (AvgIpc) is 2.76. The first kappa shape index (κ1) is 26.1. The molecule has 0 fully saturated rings. The lowest BCUT2D eigenvalue weighted by atomic mass is 10.2. The van der Waals surface area contributed by atoms with Gasteiger partial charge in [0.05, 0.1) is 31.7 Å². The summed E-state index contributed by atoms with van der Waals surface area (Å²) in [5, 5.41) is 20.4. The van der Waals surface area contributed by atoms with E-state index in [9.17, 15) is 35.2 Å². The van der Waals surface area contributed by atoms with Crippen molar-refractivity contribution in [1.29, 1.82) is 0 Å². The van der Waals surface area contributed by atoms with Crippen LogP contribution in [0.3, 0.4) is 0 Å². The number of nitrogens with one attached hydrogen (secondary N) is 2. The van der Waals surface area contributed by atoms with Crippen LogP contribution in [0.2, 0.25) is 0 Å². The Bertz CT molecular complexity index is 1110. The molecular formula is C18H18F5N3O6S. The largest absolute Gasteiger partial charge is 0.495 e. The molecular weight excluding hydrogens is 481 g/mol. The number of carbonyl (C=O) groups excluding carboxylic acids is 1. The van der Waals surface area contributed by atoms with Gasteiger partial charge in [-0.25, -0.2) is 35.2 Å². The standard InChI is InChI=1S/C18H18F5N3O6S/c1-32-11-3-2-9(8-10(11)24-18(29)26(4-6-27)5-7-28)25-33(30,31)17-15(22)13(20)12(19)14(21)16(17)23/h2-3,8,25,27-28H,4-7H2,1H3,(H,24,29). The molecule has 0 heterocycles. The Morgan fingerprint density at radius 1 is 0.970 bits per heavy atom. The highest BCUT2D eigenvalue weighted by molar-refractivity contribution is 7.92.